The normalized spacial score (nSPS) is 12.2. The molecular weight excluding hydrogens is 230 g/mol. The number of aryl methyl sites for hydroxylation is 1. The van der Waals surface area contributed by atoms with Crippen molar-refractivity contribution < 1.29 is 0 Å². The Morgan fingerprint density at radius 2 is 1.76 bits per heavy atom. The fraction of sp³-hybridized carbons (Fsp3) is 0.200. The molecule has 0 radical (unpaired) electrons. The van der Waals surface area contributed by atoms with Crippen molar-refractivity contribution in [3.8, 4) is 0 Å². The van der Waals surface area contributed by atoms with Crippen LogP contribution in [0.15, 0.2) is 48.5 Å². The Hall–Kier alpha value is -1.47. The third kappa shape index (κ3) is 3.24. The van der Waals surface area contributed by atoms with E-state index in [4.69, 9.17) is 11.6 Å². The van der Waals surface area contributed by atoms with Crippen molar-refractivity contribution in [2.24, 2.45) is 0 Å². The molecule has 1 N–H and O–H groups in total. The second kappa shape index (κ2) is 5.24. The van der Waals surface area contributed by atoms with Gasteiger partial charge in [-0.25, -0.2) is 0 Å². The molecule has 88 valence electrons. The predicted octanol–water partition coefficient (Wildman–Crippen LogP) is 4.82. The van der Waals surface area contributed by atoms with Crippen LogP contribution < -0.4 is 5.32 Å². The summed E-state index contributed by atoms with van der Waals surface area (Å²) >= 11 is 5.96. The Balaban J connectivity index is 2.11. The first kappa shape index (κ1) is 12.0. The number of nitrogens with one attached hydrogen (secondary N) is 1. The average molecular weight is 246 g/mol. The van der Waals surface area contributed by atoms with Gasteiger partial charge in [-0.05, 0) is 37.6 Å². The molecule has 0 fully saturated rings. The molecule has 0 heterocycles. The Morgan fingerprint density at radius 1 is 1.06 bits per heavy atom. The van der Waals surface area contributed by atoms with E-state index in [1.54, 1.807) is 0 Å². The molecule has 17 heavy (non-hydrogen) atoms. The molecule has 2 aromatic carbocycles. The van der Waals surface area contributed by atoms with Gasteiger partial charge < -0.3 is 5.32 Å². The van der Waals surface area contributed by atoms with Crippen LogP contribution in [0.1, 0.15) is 24.1 Å². The summed E-state index contributed by atoms with van der Waals surface area (Å²) in [5.41, 5.74) is 3.60. The number of rotatable bonds is 3. The lowest BCUT2D eigenvalue weighted by Crippen LogP contribution is -2.06. The molecule has 0 saturated heterocycles. The van der Waals surface area contributed by atoms with Crippen LogP contribution in [0.3, 0.4) is 0 Å². The summed E-state index contributed by atoms with van der Waals surface area (Å²) in [4.78, 5) is 0. The van der Waals surface area contributed by atoms with Crippen molar-refractivity contribution in [3.63, 3.8) is 0 Å². The summed E-state index contributed by atoms with van der Waals surface area (Å²) in [5.74, 6) is 0. The minimum atomic E-state index is 0.272. The fourth-order valence-corrected chi connectivity index (χ4v) is 1.96. The highest BCUT2D eigenvalue weighted by Crippen LogP contribution is 2.21. The first-order chi connectivity index (χ1) is 8.15. The Labute approximate surface area is 107 Å². The maximum absolute atomic E-state index is 5.96. The number of halogens is 1. The molecule has 0 aliphatic carbocycles. The average Bonchev–Trinajstić information content (AvgIpc) is 2.29. The molecule has 2 rings (SSSR count). The molecule has 0 aliphatic heterocycles. The second-order valence-electron chi connectivity index (χ2n) is 4.29. The number of hydrogen-bond donors (Lipinski definition) is 1. The first-order valence-corrected chi connectivity index (χ1v) is 6.11. The topological polar surface area (TPSA) is 12.0 Å². The van der Waals surface area contributed by atoms with Crippen LogP contribution in [-0.2, 0) is 0 Å². The standard InChI is InChI=1S/C15H16ClN/c1-11-6-8-13(9-7-11)12(2)17-15-5-3-4-14(16)10-15/h3-10,12,17H,1-2H3. The van der Waals surface area contributed by atoms with Crippen LogP contribution in [0.25, 0.3) is 0 Å². The Kier molecular flexibility index (Phi) is 3.70. The minimum Gasteiger partial charge on any atom is -0.378 e. The largest absolute Gasteiger partial charge is 0.378 e. The second-order valence-corrected chi connectivity index (χ2v) is 4.72. The summed E-state index contributed by atoms with van der Waals surface area (Å²) in [6.45, 7) is 4.24. The van der Waals surface area contributed by atoms with Crippen molar-refractivity contribution in [2.45, 2.75) is 19.9 Å². The summed E-state index contributed by atoms with van der Waals surface area (Å²) in [6, 6.07) is 16.6. The van der Waals surface area contributed by atoms with E-state index < -0.39 is 0 Å². The van der Waals surface area contributed by atoms with Crippen molar-refractivity contribution in [1.82, 2.24) is 0 Å². The van der Waals surface area contributed by atoms with Crippen LogP contribution in [0.2, 0.25) is 5.02 Å². The van der Waals surface area contributed by atoms with Gasteiger partial charge in [0.15, 0.2) is 0 Å². The molecule has 0 aliphatic rings. The van der Waals surface area contributed by atoms with E-state index >= 15 is 0 Å². The summed E-state index contributed by atoms with van der Waals surface area (Å²) < 4.78 is 0. The number of anilines is 1. The SMILES string of the molecule is Cc1ccc(C(C)Nc2cccc(Cl)c2)cc1. The van der Waals surface area contributed by atoms with Crippen molar-refractivity contribution in [1.29, 1.82) is 0 Å². The zero-order valence-electron chi connectivity index (χ0n) is 10.1. The summed E-state index contributed by atoms with van der Waals surface area (Å²) in [5, 5.41) is 4.19. The molecular formula is C15H16ClN. The molecule has 2 heteroatoms. The molecule has 0 bridgehead atoms. The monoisotopic (exact) mass is 245 g/mol. The van der Waals surface area contributed by atoms with Crippen LogP contribution >= 0.6 is 11.6 Å². The molecule has 1 unspecified atom stereocenters. The number of benzene rings is 2. The van der Waals surface area contributed by atoms with Crippen LogP contribution in [-0.4, -0.2) is 0 Å². The van der Waals surface area contributed by atoms with E-state index in [-0.39, 0.29) is 6.04 Å². The highest BCUT2D eigenvalue weighted by molar-refractivity contribution is 6.30. The van der Waals surface area contributed by atoms with Crippen molar-refractivity contribution >= 4 is 17.3 Å². The van der Waals surface area contributed by atoms with Crippen molar-refractivity contribution in [2.75, 3.05) is 5.32 Å². The lowest BCUT2D eigenvalue weighted by Gasteiger charge is -2.16. The highest BCUT2D eigenvalue weighted by atomic mass is 35.5. The van der Waals surface area contributed by atoms with Crippen LogP contribution in [0.4, 0.5) is 5.69 Å². The van der Waals surface area contributed by atoms with Gasteiger partial charge in [0, 0.05) is 16.8 Å². The van der Waals surface area contributed by atoms with Crippen molar-refractivity contribution in [3.05, 3.63) is 64.7 Å². The molecule has 2 aromatic rings. The van der Waals surface area contributed by atoms with E-state index in [1.165, 1.54) is 11.1 Å². The molecule has 0 aromatic heterocycles. The van der Waals surface area contributed by atoms with Gasteiger partial charge >= 0.3 is 0 Å². The fourth-order valence-electron chi connectivity index (χ4n) is 1.77. The van der Waals surface area contributed by atoms with Gasteiger partial charge in [0.1, 0.15) is 0 Å². The van der Waals surface area contributed by atoms with E-state index in [0.717, 1.165) is 10.7 Å². The van der Waals surface area contributed by atoms with Gasteiger partial charge in [-0.2, -0.15) is 0 Å². The van der Waals surface area contributed by atoms with Crippen LogP contribution in [0, 0.1) is 6.92 Å². The molecule has 0 spiro atoms. The van der Waals surface area contributed by atoms with E-state index in [1.807, 2.05) is 24.3 Å². The maximum atomic E-state index is 5.96. The highest BCUT2D eigenvalue weighted by Gasteiger charge is 2.04. The third-order valence-electron chi connectivity index (χ3n) is 2.79. The Bertz CT molecular complexity index is 491. The zero-order chi connectivity index (χ0) is 12.3. The lowest BCUT2D eigenvalue weighted by atomic mass is 10.1. The molecule has 1 atom stereocenters. The van der Waals surface area contributed by atoms with Crippen LogP contribution in [0.5, 0.6) is 0 Å². The predicted molar refractivity (Wildman–Crippen MR) is 74.7 cm³/mol. The smallest absolute Gasteiger partial charge is 0.0485 e. The van der Waals surface area contributed by atoms with Gasteiger partial charge in [-0.3, -0.25) is 0 Å². The van der Waals surface area contributed by atoms with E-state index in [2.05, 4.69) is 43.4 Å². The van der Waals surface area contributed by atoms with Gasteiger partial charge in [-0.15, -0.1) is 0 Å². The maximum Gasteiger partial charge on any atom is 0.0485 e. The van der Waals surface area contributed by atoms with Gasteiger partial charge in [0.25, 0.3) is 0 Å². The molecule has 0 saturated carbocycles. The van der Waals surface area contributed by atoms with Gasteiger partial charge in [0.05, 0.1) is 0 Å². The summed E-state index contributed by atoms with van der Waals surface area (Å²) in [7, 11) is 0. The summed E-state index contributed by atoms with van der Waals surface area (Å²) in [6.07, 6.45) is 0. The zero-order valence-corrected chi connectivity index (χ0v) is 10.8. The third-order valence-corrected chi connectivity index (χ3v) is 3.02. The minimum absolute atomic E-state index is 0.272. The Morgan fingerprint density at radius 3 is 2.41 bits per heavy atom. The number of hydrogen-bond acceptors (Lipinski definition) is 1. The molecule has 0 amide bonds. The van der Waals surface area contributed by atoms with E-state index in [9.17, 15) is 0 Å². The molecule has 1 nitrogen and oxygen atoms in total. The quantitative estimate of drug-likeness (QED) is 0.817. The van der Waals surface area contributed by atoms with Gasteiger partial charge in [-0.1, -0.05) is 47.5 Å². The van der Waals surface area contributed by atoms with E-state index in [0.29, 0.717) is 0 Å². The lowest BCUT2D eigenvalue weighted by molar-refractivity contribution is 0.884. The first-order valence-electron chi connectivity index (χ1n) is 5.74. The van der Waals surface area contributed by atoms with Gasteiger partial charge in [0.2, 0.25) is 0 Å².